The van der Waals surface area contributed by atoms with Gasteiger partial charge in [-0.25, -0.2) is 9.97 Å². The molecule has 0 radical (unpaired) electrons. The molecule has 162 valence electrons. The van der Waals surface area contributed by atoms with Gasteiger partial charge in [0.1, 0.15) is 0 Å². The van der Waals surface area contributed by atoms with Gasteiger partial charge < -0.3 is 11.1 Å². The highest BCUT2D eigenvalue weighted by Crippen LogP contribution is 2.32. The molecule has 4 aromatic rings. The van der Waals surface area contributed by atoms with Gasteiger partial charge >= 0.3 is 6.18 Å². The third-order valence-corrected chi connectivity index (χ3v) is 5.22. The maximum atomic E-state index is 13.0. The van der Waals surface area contributed by atoms with Gasteiger partial charge in [0.2, 0.25) is 5.95 Å². The number of carbonyl (C=O) groups excluding carboxylic acids is 1. The molecular weight excluding hydrogens is 417 g/mol. The van der Waals surface area contributed by atoms with Crippen molar-refractivity contribution in [2.24, 2.45) is 0 Å². The maximum Gasteiger partial charge on any atom is 0.416 e. The Kier molecular flexibility index (Phi) is 5.30. The molecule has 5 nitrogen and oxygen atoms in total. The first-order valence-electron chi connectivity index (χ1n) is 9.74. The lowest BCUT2D eigenvalue weighted by atomic mass is 9.96. The second kappa shape index (κ2) is 7.96. The molecule has 32 heavy (non-hydrogen) atoms. The Balaban J connectivity index is 1.67. The zero-order valence-corrected chi connectivity index (χ0v) is 17.3. The Morgan fingerprint density at radius 1 is 0.969 bits per heavy atom. The summed E-state index contributed by atoms with van der Waals surface area (Å²) in [5.41, 5.74) is 9.10. The Bertz CT molecular complexity index is 1350. The molecule has 0 aliphatic heterocycles. The third kappa shape index (κ3) is 4.25. The molecule has 0 saturated carbocycles. The van der Waals surface area contributed by atoms with Gasteiger partial charge in [0, 0.05) is 22.8 Å². The van der Waals surface area contributed by atoms with Crippen molar-refractivity contribution in [1.29, 1.82) is 0 Å². The van der Waals surface area contributed by atoms with Crippen molar-refractivity contribution in [3.8, 4) is 11.1 Å². The van der Waals surface area contributed by atoms with Gasteiger partial charge in [-0.1, -0.05) is 18.2 Å². The minimum absolute atomic E-state index is 0.118. The molecule has 3 aromatic carbocycles. The number of rotatable bonds is 3. The van der Waals surface area contributed by atoms with Crippen molar-refractivity contribution < 1.29 is 18.0 Å². The number of amides is 1. The quantitative estimate of drug-likeness (QED) is 0.427. The molecule has 1 aromatic heterocycles. The summed E-state index contributed by atoms with van der Waals surface area (Å²) in [6.45, 7) is 3.55. The topological polar surface area (TPSA) is 80.9 Å². The summed E-state index contributed by atoms with van der Waals surface area (Å²) in [7, 11) is 0. The first kappa shape index (κ1) is 21.3. The second-order valence-electron chi connectivity index (χ2n) is 7.51. The number of aromatic nitrogens is 2. The normalized spacial score (nSPS) is 11.5. The van der Waals surface area contributed by atoms with Gasteiger partial charge in [0.15, 0.2) is 0 Å². The standard InChI is InChI=1S/C24H19F3N4O/c1-13-3-5-16(22(32)30-21-11-18(24(25,26)27)7-4-14(21)2)10-19(13)15-6-8-20-17(9-15)12-29-23(28)31-20/h3-12H,1-2H3,(H,30,32)(H2,28,29,31). The average molecular weight is 436 g/mol. The molecular formula is C24H19F3N4O. The summed E-state index contributed by atoms with van der Waals surface area (Å²) in [6, 6.07) is 14.0. The van der Waals surface area contributed by atoms with E-state index >= 15 is 0 Å². The molecule has 0 fully saturated rings. The van der Waals surface area contributed by atoms with E-state index in [2.05, 4.69) is 15.3 Å². The fourth-order valence-corrected chi connectivity index (χ4v) is 3.42. The van der Waals surface area contributed by atoms with Gasteiger partial charge in [-0.3, -0.25) is 4.79 Å². The highest BCUT2D eigenvalue weighted by Gasteiger charge is 2.31. The van der Waals surface area contributed by atoms with Crippen LogP contribution in [0, 0.1) is 13.8 Å². The van der Waals surface area contributed by atoms with E-state index in [4.69, 9.17) is 5.73 Å². The number of nitrogens with two attached hydrogens (primary N) is 1. The molecule has 4 rings (SSSR count). The Morgan fingerprint density at radius 2 is 1.72 bits per heavy atom. The van der Waals surface area contributed by atoms with E-state index in [9.17, 15) is 18.0 Å². The number of nitrogen functional groups attached to an aromatic ring is 1. The lowest BCUT2D eigenvalue weighted by molar-refractivity contribution is -0.137. The molecule has 3 N–H and O–H groups in total. The van der Waals surface area contributed by atoms with Crippen molar-refractivity contribution in [3.05, 3.63) is 83.0 Å². The SMILES string of the molecule is Cc1ccc(C(F)(F)F)cc1NC(=O)c1ccc(C)c(-c2ccc3nc(N)ncc3c2)c1. The van der Waals surface area contributed by atoms with Crippen molar-refractivity contribution in [1.82, 2.24) is 9.97 Å². The zero-order chi connectivity index (χ0) is 23.0. The predicted molar refractivity (Wildman–Crippen MR) is 118 cm³/mol. The molecule has 0 atom stereocenters. The molecule has 0 bridgehead atoms. The minimum Gasteiger partial charge on any atom is -0.368 e. The number of fused-ring (bicyclic) bond motifs is 1. The van der Waals surface area contributed by atoms with Gasteiger partial charge in [0.05, 0.1) is 11.1 Å². The number of nitrogens with one attached hydrogen (secondary N) is 1. The average Bonchev–Trinajstić information content (AvgIpc) is 2.74. The van der Waals surface area contributed by atoms with E-state index < -0.39 is 17.6 Å². The summed E-state index contributed by atoms with van der Waals surface area (Å²) in [6.07, 6.45) is -2.86. The number of carbonyl (C=O) groups is 1. The summed E-state index contributed by atoms with van der Waals surface area (Å²) in [5.74, 6) is -0.310. The van der Waals surface area contributed by atoms with Crippen LogP contribution in [0.3, 0.4) is 0 Å². The highest BCUT2D eigenvalue weighted by atomic mass is 19.4. The summed E-state index contributed by atoms with van der Waals surface area (Å²) in [4.78, 5) is 21.0. The van der Waals surface area contributed by atoms with E-state index in [0.717, 1.165) is 34.2 Å². The molecule has 1 amide bonds. The van der Waals surface area contributed by atoms with E-state index in [1.165, 1.54) is 6.07 Å². The predicted octanol–water partition coefficient (Wildman–Crippen LogP) is 5.77. The molecule has 8 heteroatoms. The van der Waals surface area contributed by atoms with Crippen LogP contribution in [-0.4, -0.2) is 15.9 Å². The molecule has 0 aliphatic carbocycles. The number of hydrogen-bond acceptors (Lipinski definition) is 4. The van der Waals surface area contributed by atoms with Crippen LogP contribution in [0.5, 0.6) is 0 Å². The van der Waals surface area contributed by atoms with E-state index in [1.807, 2.05) is 25.1 Å². The smallest absolute Gasteiger partial charge is 0.368 e. The molecule has 1 heterocycles. The minimum atomic E-state index is -4.49. The Labute approximate surface area is 182 Å². The van der Waals surface area contributed by atoms with E-state index in [1.54, 1.807) is 31.3 Å². The molecule has 0 spiro atoms. The van der Waals surface area contributed by atoms with Crippen molar-refractivity contribution in [3.63, 3.8) is 0 Å². The Hall–Kier alpha value is -3.94. The van der Waals surface area contributed by atoms with Gasteiger partial charge in [-0.2, -0.15) is 13.2 Å². The van der Waals surface area contributed by atoms with Crippen LogP contribution in [0.1, 0.15) is 27.0 Å². The molecule has 0 unspecified atom stereocenters. The maximum absolute atomic E-state index is 13.0. The number of hydrogen-bond donors (Lipinski definition) is 2. The fourth-order valence-electron chi connectivity index (χ4n) is 3.42. The zero-order valence-electron chi connectivity index (χ0n) is 17.3. The van der Waals surface area contributed by atoms with Gasteiger partial charge in [0.25, 0.3) is 5.91 Å². The van der Waals surface area contributed by atoms with Gasteiger partial charge in [-0.15, -0.1) is 0 Å². The number of anilines is 2. The molecule has 0 saturated heterocycles. The lowest BCUT2D eigenvalue weighted by Gasteiger charge is -2.14. The van der Waals surface area contributed by atoms with Gasteiger partial charge in [-0.05, 0) is 72.5 Å². The summed E-state index contributed by atoms with van der Waals surface area (Å²) >= 11 is 0. The van der Waals surface area contributed by atoms with E-state index in [-0.39, 0.29) is 11.6 Å². The number of alkyl halides is 3. The number of benzene rings is 3. The van der Waals surface area contributed by atoms with Crippen LogP contribution in [0.2, 0.25) is 0 Å². The van der Waals surface area contributed by atoms with E-state index in [0.29, 0.717) is 16.6 Å². The number of nitrogens with zero attached hydrogens (tertiary/aromatic N) is 2. The van der Waals surface area contributed by atoms with Crippen molar-refractivity contribution >= 4 is 28.4 Å². The number of halogens is 3. The van der Waals surface area contributed by atoms with Crippen LogP contribution >= 0.6 is 0 Å². The van der Waals surface area contributed by atoms with Crippen LogP contribution in [0.15, 0.2) is 60.8 Å². The van der Waals surface area contributed by atoms with Crippen LogP contribution in [0.25, 0.3) is 22.0 Å². The second-order valence-corrected chi connectivity index (χ2v) is 7.51. The Morgan fingerprint density at radius 3 is 2.47 bits per heavy atom. The summed E-state index contributed by atoms with van der Waals surface area (Å²) in [5, 5.41) is 3.40. The first-order valence-corrected chi connectivity index (χ1v) is 9.74. The lowest BCUT2D eigenvalue weighted by Crippen LogP contribution is -2.14. The largest absolute Gasteiger partial charge is 0.416 e. The summed E-state index contributed by atoms with van der Waals surface area (Å²) < 4.78 is 39.1. The first-order chi connectivity index (χ1) is 15.1. The van der Waals surface area contributed by atoms with Crippen LogP contribution in [0.4, 0.5) is 24.8 Å². The highest BCUT2D eigenvalue weighted by molar-refractivity contribution is 6.05. The number of aryl methyl sites for hydroxylation is 2. The fraction of sp³-hybridized carbons (Fsp3) is 0.125. The van der Waals surface area contributed by atoms with Crippen LogP contribution in [-0.2, 0) is 6.18 Å². The van der Waals surface area contributed by atoms with Crippen molar-refractivity contribution in [2.75, 3.05) is 11.1 Å². The molecule has 0 aliphatic rings. The third-order valence-electron chi connectivity index (χ3n) is 5.22. The van der Waals surface area contributed by atoms with Crippen LogP contribution < -0.4 is 11.1 Å². The van der Waals surface area contributed by atoms with Crippen molar-refractivity contribution in [2.45, 2.75) is 20.0 Å². The monoisotopic (exact) mass is 436 g/mol.